The maximum atomic E-state index is 8.64. The van der Waals surface area contributed by atoms with Crippen LogP contribution in [0.2, 0.25) is 0 Å². The van der Waals surface area contributed by atoms with Crippen LogP contribution in [0.15, 0.2) is 5.16 Å². The second-order valence-electron chi connectivity index (χ2n) is 5.76. The molecule has 6 nitrogen and oxygen atoms in total. The minimum Gasteiger partial charge on any atom is -0.409 e. The van der Waals surface area contributed by atoms with Crippen molar-refractivity contribution in [2.75, 3.05) is 32.9 Å². The van der Waals surface area contributed by atoms with Gasteiger partial charge in [-0.1, -0.05) is 12.1 Å². The first-order valence-corrected chi connectivity index (χ1v) is 7.61. The highest BCUT2D eigenvalue weighted by atomic mass is 16.5. The molecule has 6 heteroatoms. The highest BCUT2D eigenvalue weighted by Gasteiger charge is 2.40. The Morgan fingerprint density at radius 3 is 2.80 bits per heavy atom. The average molecular weight is 285 g/mol. The summed E-state index contributed by atoms with van der Waals surface area (Å²) in [4.78, 5) is 2.43. The van der Waals surface area contributed by atoms with E-state index in [1.54, 1.807) is 0 Å². The zero-order valence-electron chi connectivity index (χ0n) is 12.4. The fraction of sp³-hybridized carbons (Fsp3) is 0.929. The van der Waals surface area contributed by atoms with Crippen molar-refractivity contribution in [3.63, 3.8) is 0 Å². The Bertz CT molecular complexity index is 324. The van der Waals surface area contributed by atoms with E-state index in [0.29, 0.717) is 18.3 Å². The molecule has 2 heterocycles. The second kappa shape index (κ2) is 7.24. The molecule has 20 heavy (non-hydrogen) atoms. The van der Waals surface area contributed by atoms with Crippen molar-refractivity contribution in [3.05, 3.63) is 0 Å². The number of nitrogens with zero attached hydrogens (tertiary/aromatic N) is 2. The lowest BCUT2D eigenvalue weighted by molar-refractivity contribution is -0.151. The van der Waals surface area contributed by atoms with E-state index in [-0.39, 0.29) is 5.60 Å². The van der Waals surface area contributed by atoms with Gasteiger partial charge in [0.25, 0.3) is 0 Å². The van der Waals surface area contributed by atoms with Crippen molar-refractivity contribution in [2.24, 2.45) is 10.9 Å². The van der Waals surface area contributed by atoms with Crippen LogP contribution >= 0.6 is 0 Å². The largest absolute Gasteiger partial charge is 0.409 e. The normalized spacial score (nSPS) is 27.1. The fourth-order valence-electron chi connectivity index (χ4n) is 3.31. The molecule has 116 valence electrons. The summed E-state index contributed by atoms with van der Waals surface area (Å²) in [6, 6.07) is 0.526. The Morgan fingerprint density at radius 1 is 1.40 bits per heavy atom. The van der Waals surface area contributed by atoms with Crippen LogP contribution in [0.25, 0.3) is 0 Å². The smallest absolute Gasteiger partial charge is 0.140 e. The number of amidine groups is 1. The summed E-state index contributed by atoms with van der Waals surface area (Å²) < 4.78 is 11.5. The van der Waals surface area contributed by atoms with Crippen LogP contribution in [0.1, 0.15) is 39.0 Å². The molecule has 2 fully saturated rings. The Kier molecular flexibility index (Phi) is 5.63. The minimum atomic E-state index is 0.0190. The molecule has 0 aromatic heterocycles. The maximum absolute atomic E-state index is 8.64. The Balaban J connectivity index is 1.91. The molecular formula is C14H27N3O3. The van der Waals surface area contributed by atoms with Gasteiger partial charge >= 0.3 is 0 Å². The molecule has 2 rings (SSSR count). The number of hydrogen-bond donors (Lipinski definition) is 2. The van der Waals surface area contributed by atoms with Crippen molar-refractivity contribution in [3.8, 4) is 0 Å². The van der Waals surface area contributed by atoms with Gasteiger partial charge in [0, 0.05) is 38.8 Å². The van der Waals surface area contributed by atoms with E-state index < -0.39 is 0 Å². The zero-order valence-corrected chi connectivity index (χ0v) is 12.4. The van der Waals surface area contributed by atoms with E-state index in [1.807, 2.05) is 0 Å². The number of hydrogen-bond acceptors (Lipinski definition) is 5. The van der Waals surface area contributed by atoms with Gasteiger partial charge in [-0.2, -0.15) is 0 Å². The summed E-state index contributed by atoms with van der Waals surface area (Å²) in [5, 5.41) is 11.7. The average Bonchev–Trinajstić information content (AvgIpc) is 2.48. The SMILES string of the molecule is CCN(CCC(N)=NO)C1CCOC2(CCOCC2)C1. The van der Waals surface area contributed by atoms with E-state index in [1.165, 1.54) is 0 Å². The predicted octanol–water partition coefficient (Wildman–Crippen LogP) is 1.17. The summed E-state index contributed by atoms with van der Waals surface area (Å²) >= 11 is 0. The lowest BCUT2D eigenvalue weighted by Gasteiger charge is -2.46. The van der Waals surface area contributed by atoms with Gasteiger partial charge in [-0.3, -0.25) is 0 Å². The Morgan fingerprint density at radius 2 is 2.15 bits per heavy atom. The van der Waals surface area contributed by atoms with Crippen molar-refractivity contribution in [1.29, 1.82) is 0 Å². The van der Waals surface area contributed by atoms with Gasteiger partial charge in [0.05, 0.1) is 5.60 Å². The van der Waals surface area contributed by atoms with Gasteiger partial charge in [-0.25, -0.2) is 0 Å². The first-order chi connectivity index (χ1) is 9.69. The van der Waals surface area contributed by atoms with E-state index in [0.717, 1.165) is 58.6 Å². The first-order valence-electron chi connectivity index (χ1n) is 7.61. The molecule has 2 saturated heterocycles. The van der Waals surface area contributed by atoms with E-state index >= 15 is 0 Å². The Labute approximate surface area is 120 Å². The van der Waals surface area contributed by atoms with Crippen molar-refractivity contribution in [1.82, 2.24) is 4.90 Å². The van der Waals surface area contributed by atoms with Gasteiger partial charge in [0.2, 0.25) is 0 Å². The molecule has 0 amide bonds. The van der Waals surface area contributed by atoms with Crippen LogP contribution in [-0.4, -0.2) is 60.5 Å². The van der Waals surface area contributed by atoms with Crippen LogP contribution in [0.5, 0.6) is 0 Å². The first kappa shape index (κ1) is 15.5. The lowest BCUT2D eigenvalue weighted by Crippen LogP contribution is -2.51. The molecule has 1 atom stereocenters. The third kappa shape index (κ3) is 3.84. The summed E-state index contributed by atoms with van der Waals surface area (Å²) in [5.74, 6) is 0.302. The molecule has 0 aliphatic carbocycles. The molecule has 2 aliphatic heterocycles. The summed E-state index contributed by atoms with van der Waals surface area (Å²) in [6.45, 7) is 6.43. The van der Waals surface area contributed by atoms with Crippen LogP contribution in [-0.2, 0) is 9.47 Å². The van der Waals surface area contributed by atoms with Crippen LogP contribution < -0.4 is 5.73 Å². The third-order valence-electron chi connectivity index (χ3n) is 4.58. The number of ether oxygens (including phenoxy) is 2. The van der Waals surface area contributed by atoms with Gasteiger partial charge in [-0.15, -0.1) is 0 Å². The van der Waals surface area contributed by atoms with Crippen molar-refractivity contribution in [2.45, 2.75) is 50.7 Å². The molecule has 1 unspecified atom stereocenters. The number of oxime groups is 1. The number of nitrogens with two attached hydrogens (primary N) is 1. The predicted molar refractivity (Wildman–Crippen MR) is 77.0 cm³/mol. The standard InChI is InChI=1S/C14H27N3O3/c1-2-17(7-3-13(15)16-18)12-4-8-20-14(11-12)5-9-19-10-6-14/h12,18H,2-11H2,1H3,(H2,15,16). The lowest BCUT2D eigenvalue weighted by atomic mass is 9.83. The van der Waals surface area contributed by atoms with E-state index in [2.05, 4.69) is 17.0 Å². The molecule has 1 spiro atoms. The summed E-state index contributed by atoms with van der Waals surface area (Å²) in [6.07, 6.45) is 4.74. The second-order valence-corrected chi connectivity index (χ2v) is 5.76. The highest BCUT2D eigenvalue weighted by Crippen LogP contribution is 2.36. The van der Waals surface area contributed by atoms with E-state index in [4.69, 9.17) is 20.4 Å². The Hall–Kier alpha value is -0.850. The quantitative estimate of drug-likeness (QED) is 0.343. The molecule has 0 aromatic carbocycles. The molecule has 2 aliphatic rings. The topological polar surface area (TPSA) is 80.3 Å². The van der Waals surface area contributed by atoms with Crippen molar-refractivity contribution < 1.29 is 14.7 Å². The minimum absolute atomic E-state index is 0.0190. The molecule has 0 bridgehead atoms. The monoisotopic (exact) mass is 285 g/mol. The molecule has 3 N–H and O–H groups in total. The number of rotatable bonds is 5. The molecule has 0 aromatic rings. The van der Waals surface area contributed by atoms with Crippen molar-refractivity contribution >= 4 is 5.84 Å². The zero-order chi connectivity index (χ0) is 14.4. The fourth-order valence-corrected chi connectivity index (χ4v) is 3.31. The van der Waals surface area contributed by atoms with Crippen LogP contribution in [0, 0.1) is 0 Å². The van der Waals surface area contributed by atoms with Crippen LogP contribution in [0.3, 0.4) is 0 Å². The molecule has 0 radical (unpaired) electrons. The summed E-state index contributed by atoms with van der Waals surface area (Å²) in [5.41, 5.74) is 5.59. The highest BCUT2D eigenvalue weighted by molar-refractivity contribution is 5.79. The summed E-state index contributed by atoms with van der Waals surface area (Å²) in [7, 11) is 0. The van der Waals surface area contributed by atoms with Gasteiger partial charge in [0.15, 0.2) is 0 Å². The molecular weight excluding hydrogens is 258 g/mol. The van der Waals surface area contributed by atoms with Gasteiger partial charge in [-0.05, 0) is 32.2 Å². The van der Waals surface area contributed by atoms with Gasteiger partial charge in [0.1, 0.15) is 5.84 Å². The maximum Gasteiger partial charge on any atom is 0.140 e. The van der Waals surface area contributed by atoms with E-state index in [9.17, 15) is 0 Å². The van der Waals surface area contributed by atoms with Crippen LogP contribution in [0.4, 0.5) is 0 Å². The van der Waals surface area contributed by atoms with Gasteiger partial charge < -0.3 is 25.3 Å². The third-order valence-corrected chi connectivity index (χ3v) is 4.58. The molecule has 0 saturated carbocycles.